The van der Waals surface area contributed by atoms with Crippen LogP contribution in [0.5, 0.6) is 5.88 Å². The number of amides is 3. The van der Waals surface area contributed by atoms with Crippen molar-refractivity contribution in [2.24, 2.45) is 5.92 Å². The van der Waals surface area contributed by atoms with E-state index in [0.29, 0.717) is 41.9 Å². The second-order valence-corrected chi connectivity index (χ2v) is 14.4. The van der Waals surface area contributed by atoms with Gasteiger partial charge in [-0.3, -0.25) is 9.59 Å². The van der Waals surface area contributed by atoms with Gasteiger partial charge in [-0.1, -0.05) is 50.3 Å². The van der Waals surface area contributed by atoms with Gasteiger partial charge >= 0.3 is 12.1 Å². The number of para-hydroxylation sites is 2. The molecule has 0 radical (unpaired) electrons. The molecule has 48 heavy (non-hydrogen) atoms. The number of hydrogen-bond donors (Lipinski definition) is 3. The van der Waals surface area contributed by atoms with Gasteiger partial charge in [0.1, 0.15) is 35.5 Å². The van der Waals surface area contributed by atoms with Gasteiger partial charge in [0.05, 0.1) is 22.5 Å². The van der Waals surface area contributed by atoms with Crippen LogP contribution < -0.4 is 15.4 Å². The van der Waals surface area contributed by atoms with Crippen molar-refractivity contribution in [1.29, 1.82) is 0 Å². The highest BCUT2D eigenvalue weighted by Gasteiger charge is 2.62. The van der Waals surface area contributed by atoms with Crippen molar-refractivity contribution >= 4 is 46.2 Å². The predicted molar refractivity (Wildman–Crippen MR) is 177 cm³/mol. The predicted octanol–water partition coefficient (Wildman–Crippen LogP) is 5.06. The summed E-state index contributed by atoms with van der Waals surface area (Å²) in [5, 5.41) is 17.8. The second-order valence-electron chi connectivity index (χ2n) is 13.5. The normalized spacial score (nSPS) is 28.2. The smallest absolute Gasteiger partial charge is 0.408 e. The first kappa shape index (κ1) is 32.3. The van der Waals surface area contributed by atoms with Gasteiger partial charge < -0.3 is 30.1 Å². The Morgan fingerprint density at radius 1 is 0.938 bits per heavy atom. The van der Waals surface area contributed by atoms with Gasteiger partial charge in [-0.2, -0.15) is 0 Å². The molecule has 3 aromatic rings. The molecule has 12 nitrogen and oxygen atoms in total. The number of rotatable bonds is 6. The van der Waals surface area contributed by atoms with Crippen molar-refractivity contribution in [3.8, 4) is 16.5 Å². The molecule has 0 spiro atoms. The number of nitrogens with one attached hydrogen (secondary N) is 2. The molecule has 2 aliphatic heterocycles. The Morgan fingerprint density at radius 3 is 2.40 bits per heavy atom. The number of nitrogens with zero attached hydrogens (tertiary/aromatic N) is 3. The highest BCUT2D eigenvalue weighted by molar-refractivity contribution is 7.13. The van der Waals surface area contributed by atoms with Crippen molar-refractivity contribution in [2.75, 3.05) is 6.54 Å². The van der Waals surface area contributed by atoms with Crippen LogP contribution in [0.4, 0.5) is 4.79 Å². The molecule has 254 valence electrons. The van der Waals surface area contributed by atoms with Crippen molar-refractivity contribution in [3.05, 3.63) is 41.8 Å². The van der Waals surface area contributed by atoms with Crippen LogP contribution in [-0.4, -0.2) is 80.2 Å². The van der Waals surface area contributed by atoms with Gasteiger partial charge in [-0.05, 0) is 68.0 Å². The zero-order valence-corrected chi connectivity index (χ0v) is 27.6. The minimum atomic E-state index is -1.34. The zero-order chi connectivity index (χ0) is 33.3. The van der Waals surface area contributed by atoms with Crippen LogP contribution in [0.3, 0.4) is 0 Å². The quantitative estimate of drug-likeness (QED) is 0.325. The first-order valence-corrected chi connectivity index (χ1v) is 18.0. The minimum absolute atomic E-state index is 0.0503. The molecule has 13 heteroatoms. The summed E-state index contributed by atoms with van der Waals surface area (Å²) in [4.78, 5) is 65.6. The molecule has 2 saturated carbocycles. The number of carbonyl (C=O) groups excluding carboxylic acids is 3. The molecule has 2 saturated heterocycles. The molecule has 0 bridgehead atoms. The Bertz CT molecular complexity index is 1680. The maximum Gasteiger partial charge on any atom is 0.408 e. The standard InChI is InChI=1S/C35H41N5O7S/c41-30-27-18-23(46-31-29(28-16-9-17-48-28)36-24-13-6-7-14-25(24)37-31)20-40(27)32(42)26(38-34(45)47-22-11-8-12-22)15-5-3-1-2-4-10-21-19-35(21,39-30)33(43)44/h6-7,9,13-14,16-17,21-23,26-27H,1-5,8,10-12,15,18-20H2,(H,38,45)(H,39,41)(H,43,44)/t21?,23-,26+,27+,35?/m1/s1. The average molecular weight is 676 g/mol. The second kappa shape index (κ2) is 13.7. The molecule has 2 aromatic heterocycles. The fourth-order valence-electron chi connectivity index (χ4n) is 7.17. The molecule has 4 heterocycles. The lowest BCUT2D eigenvalue weighted by Crippen LogP contribution is -2.56. The summed E-state index contributed by atoms with van der Waals surface area (Å²) in [6, 6.07) is 9.43. The van der Waals surface area contributed by atoms with E-state index in [-0.39, 0.29) is 25.0 Å². The molecule has 4 fully saturated rings. The Kier molecular flexibility index (Phi) is 9.21. The lowest BCUT2D eigenvalue weighted by Gasteiger charge is -2.30. The fraction of sp³-hybridized carbons (Fsp3) is 0.543. The van der Waals surface area contributed by atoms with Gasteiger partial charge in [0.25, 0.3) is 0 Å². The molecular weight excluding hydrogens is 634 g/mol. The monoisotopic (exact) mass is 675 g/mol. The number of fused-ring (bicyclic) bond motifs is 3. The van der Waals surface area contributed by atoms with Gasteiger partial charge in [-0.25, -0.2) is 19.6 Å². The van der Waals surface area contributed by atoms with E-state index in [2.05, 4.69) is 10.6 Å². The minimum Gasteiger partial charge on any atom is -0.479 e. The number of ether oxygens (including phenoxy) is 2. The van der Waals surface area contributed by atoms with Crippen molar-refractivity contribution in [1.82, 2.24) is 25.5 Å². The van der Waals surface area contributed by atoms with E-state index >= 15 is 0 Å². The number of aromatic nitrogens is 2. The van der Waals surface area contributed by atoms with E-state index < -0.39 is 47.6 Å². The van der Waals surface area contributed by atoms with Gasteiger partial charge in [0.15, 0.2) is 0 Å². The number of carboxylic acids is 1. The molecule has 2 unspecified atom stereocenters. The number of thiophene rings is 1. The summed E-state index contributed by atoms with van der Waals surface area (Å²) in [7, 11) is 0. The third-order valence-corrected chi connectivity index (χ3v) is 11.1. The summed E-state index contributed by atoms with van der Waals surface area (Å²) >= 11 is 1.50. The topological polar surface area (TPSA) is 160 Å². The van der Waals surface area contributed by atoms with Gasteiger partial charge in [0.2, 0.25) is 17.7 Å². The Morgan fingerprint density at radius 2 is 1.69 bits per heavy atom. The highest BCUT2D eigenvalue weighted by Crippen LogP contribution is 2.47. The summed E-state index contributed by atoms with van der Waals surface area (Å²) in [6.07, 6.45) is 7.11. The summed E-state index contributed by atoms with van der Waals surface area (Å²) in [5.41, 5.74) is 0.577. The van der Waals surface area contributed by atoms with E-state index in [9.17, 15) is 24.3 Å². The summed E-state index contributed by atoms with van der Waals surface area (Å²) in [6.45, 7) is 0.0503. The number of alkyl carbamates (subject to hydrolysis) is 1. The largest absolute Gasteiger partial charge is 0.479 e. The molecule has 4 aliphatic rings. The average Bonchev–Trinajstić information content (AvgIpc) is 3.36. The molecule has 5 atom stereocenters. The van der Waals surface area contributed by atoms with Gasteiger partial charge in [0, 0.05) is 6.42 Å². The molecule has 2 aliphatic carbocycles. The first-order valence-electron chi connectivity index (χ1n) is 17.1. The van der Waals surface area contributed by atoms with E-state index in [1.807, 2.05) is 41.8 Å². The summed E-state index contributed by atoms with van der Waals surface area (Å²) < 4.78 is 12.0. The molecule has 3 amide bonds. The van der Waals surface area contributed by atoms with Gasteiger partial charge in [-0.15, -0.1) is 11.3 Å². The molecule has 3 N–H and O–H groups in total. The third-order valence-electron chi connectivity index (χ3n) is 10.2. The van der Waals surface area contributed by atoms with Crippen LogP contribution in [0.15, 0.2) is 41.8 Å². The van der Waals surface area contributed by atoms with Crippen molar-refractivity contribution < 1.29 is 33.8 Å². The Hall–Kier alpha value is -4.26. The van der Waals surface area contributed by atoms with Crippen LogP contribution in [0.2, 0.25) is 0 Å². The third kappa shape index (κ3) is 6.69. The molecule has 7 rings (SSSR count). The van der Waals surface area contributed by atoms with Crippen LogP contribution >= 0.6 is 11.3 Å². The van der Waals surface area contributed by atoms with E-state index in [0.717, 1.165) is 56.2 Å². The number of carboxylic acid groups (broad SMARTS) is 1. The Balaban J connectivity index is 1.18. The number of benzene rings is 1. The lowest BCUT2D eigenvalue weighted by molar-refractivity contribution is -0.146. The Labute approximate surface area is 282 Å². The number of hydrogen-bond acceptors (Lipinski definition) is 9. The molecule has 1 aromatic carbocycles. The van der Waals surface area contributed by atoms with Crippen LogP contribution in [-0.2, 0) is 19.1 Å². The van der Waals surface area contributed by atoms with E-state index in [4.69, 9.17) is 19.4 Å². The first-order chi connectivity index (χ1) is 23.3. The summed E-state index contributed by atoms with van der Waals surface area (Å²) in [5.74, 6) is -1.87. The fourth-order valence-corrected chi connectivity index (χ4v) is 7.87. The highest BCUT2D eigenvalue weighted by atomic mass is 32.1. The van der Waals surface area contributed by atoms with Crippen molar-refractivity contribution in [2.45, 2.75) is 107 Å². The van der Waals surface area contributed by atoms with Crippen molar-refractivity contribution in [3.63, 3.8) is 0 Å². The number of carbonyl (C=O) groups is 4. The van der Waals surface area contributed by atoms with Crippen LogP contribution in [0, 0.1) is 5.92 Å². The molecular formula is C35H41N5O7S. The van der Waals surface area contributed by atoms with Crippen LogP contribution in [0.1, 0.15) is 77.0 Å². The lowest BCUT2D eigenvalue weighted by atomic mass is 9.96. The maximum absolute atomic E-state index is 14.3. The van der Waals surface area contributed by atoms with E-state index in [1.165, 1.54) is 16.2 Å². The number of aliphatic carboxylic acids is 1. The van der Waals surface area contributed by atoms with E-state index in [1.54, 1.807) is 0 Å². The van der Waals surface area contributed by atoms with Crippen LogP contribution in [0.25, 0.3) is 21.6 Å². The maximum atomic E-state index is 14.3. The SMILES string of the molecule is O=C(N[C@H]1CCCCCCCC2CC2(C(=O)O)NC(=O)[C@@H]2C[C@@H](Oc3nc4ccccc4nc3-c3cccs3)CN2C1=O)OC1CCC1. The zero-order valence-electron chi connectivity index (χ0n) is 26.8.